The number of halogens is 2. The number of hydrogen-bond donors (Lipinski definition) is 1. The maximum absolute atomic E-state index is 13.1. The molecule has 0 aliphatic carbocycles. The van der Waals surface area contributed by atoms with Gasteiger partial charge in [-0.05, 0) is 31.5 Å². The first-order valence-electron chi connectivity index (χ1n) is 5.54. The number of hydrogen-bond acceptors (Lipinski definition) is 2. The van der Waals surface area contributed by atoms with E-state index in [1.807, 2.05) is 0 Å². The summed E-state index contributed by atoms with van der Waals surface area (Å²) in [5.74, 6) is -1.41. The number of nitrogens with zero attached hydrogens (tertiary/aromatic N) is 2. The van der Waals surface area contributed by atoms with Crippen LogP contribution in [0, 0.1) is 25.5 Å². The van der Waals surface area contributed by atoms with Crippen molar-refractivity contribution in [3.05, 3.63) is 52.3 Å². The van der Waals surface area contributed by atoms with Gasteiger partial charge in [-0.3, -0.25) is 4.68 Å². The van der Waals surface area contributed by atoms with Gasteiger partial charge in [0.1, 0.15) is 17.7 Å². The highest BCUT2D eigenvalue weighted by atomic mass is 19.1. The molecule has 1 aromatic heterocycles. The van der Waals surface area contributed by atoms with E-state index >= 15 is 0 Å². The normalized spacial score (nSPS) is 12.8. The Kier molecular flexibility index (Phi) is 3.17. The third-order valence-electron chi connectivity index (χ3n) is 3.04. The Morgan fingerprint density at radius 2 is 1.72 bits per heavy atom. The van der Waals surface area contributed by atoms with Gasteiger partial charge in [-0.25, -0.2) is 8.78 Å². The van der Waals surface area contributed by atoms with Gasteiger partial charge in [0.05, 0.1) is 5.69 Å². The number of rotatable bonds is 2. The molecule has 96 valence electrons. The summed E-state index contributed by atoms with van der Waals surface area (Å²) in [5, 5.41) is 14.4. The molecule has 1 aromatic carbocycles. The number of aliphatic hydroxyl groups excluding tert-OH is 1. The van der Waals surface area contributed by atoms with Gasteiger partial charge in [0.25, 0.3) is 0 Å². The summed E-state index contributed by atoms with van der Waals surface area (Å²) in [6.07, 6.45) is -1.08. The lowest BCUT2D eigenvalue weighted by atomic mass is 10.00. The van der Waals surface area contributed by atoms with E-state index in [1.54, 1.807) is 25.6 Å². The molecule has 0 fully saturated rings. The Bertz CT molecular complexity index is 573. The molecule has 3 nitrogen and oxygen atoms in total. The van der Waals surface area contributed by atoms with Crippen LogP contribution in [0.5, 0.6) is 0 Å². The molecule has 0 aliphatic heterocycles. The van der Waals surface area contributed by atoms with Crippen molar-refractivity contribution in [1.29, 1.82) is 0 Å². The lowest BCUT2D eigenvalue weighted by molar-refractivity contribution is 0.217. The maximum atomic E-state index is 13.1. The zero-order valence-electron chi connectivity index (χ0n) is 10.4. The molecule has 0 amide bonds. The molecule has 0 spiro atoms. The fourth-order valence-electron chi connectivity index (χ4n) is 2.09. The molecule has 2 rings (SSSR count). The molecule has 1 heterocycles. The molecule has 0 saturated heterocycles. The smallest absolute Gasteiger partial charge is 0.126 e. The average molecular weight is 252 g/mol. The first-order chi connectivity index (χ1) is 8.40. The second-order valence-corrected chi connectivity index (χ2v) is 4.31. The molecular weight excluding hydrogens is 238 g/mol. The monoisotopic (exact) mass is 252 g/mol. The van der Waals surface area contributed by atoms with Crippen LogP contribution >= 0.6 is 0 Å². The van der Waals surface area contributed by atoms with Gasteiger partial charge in [0, 0.05) is 24.4 Å². The molecule has 18 heavy (non-hydrogen) atoms. The van der Waals surface area contributed by atoms with Crippen molar-refractivity contribution in [2.45, 2.75) is 20.0 Å². The third-order valence-corrected chi connectivity index (χ3v) is 3.04. The molecule has 0 bridgehead atoms. The second-order valence-electron chi connectivity index (χ2n) is 4.31. The predicted molar refractivity (Wildman–Crippen MR) is 63.1 cm³/mol. The van der Waals surface area contributed by atoms with E-state index in [9.17, 15) is 13.9 Å². The number of aliphatic hydroxyl groups is 1. The Morgan fingerprint density at radius 1 is 1.17 bits per heavy atom. The van der Waals surface area contributed by atoms with Crippen LogP contribution in [0.1, 0.15) is 28.6 Å². The fourth-order valence-corrected chi connectivity index (χ4v) is 2.09. The fraction of sp³-hybridized carbons (Fsp3) is 0.308. The summed E-state index contributed by atoms with van der Waals surface area (Å²) in [5.41, 5.74) is 2.19. The van der Waals surface area contributed by atoms with Gasteiger partial charge in [-0.1, -0.05) is 0 Å². The van der Waals surface area contributed by atoms with E-state index in [4.69, 9.17) is 0 Å². The SMILES string of the molecule is Cc1nn(C)c(C)c1C(O)c1cc(F)cc(F)c1. The van der Waals surface area contributed by atoms with Crippen molar-refractivity contribution in [3.8, 4) is 0 Å². The lowest BCUT2D eigenvalue weighted by Crippen LogP contribution is -2.04. The van der Waals surface area contributed by atoms with Gasteiger partial charge in [0.2, 0.25) is 0 Å². The molecule has 2 aromatic rings. The van der Waals surface area contributed by atoms with E-state index < -0.39 is 17.7 Å². The second kappa shape index (κ2) is 4.49. The van der Waals surface area contributed by atoms with Gasteiger partial charge >= 0.3 is 0 Å². The van der Waals surface area contributed by atoms with Gasteiger partial charge in [-0.2, -0.15) is 5.10 Å². The van der Waals surface area contributed by atoms with Crippen molar-refractivity contribution in [3.63, 3.8) is 0 Å². The minimum Gasteiger partial charge on any atom is -0.384 e. The van der Waals surface area contributed by atoms with Gasteiger partial charge in [0.15, 0.2) is 0 Å². The van der Waals surface area contributed by atoms with Crippen molar-refractivity contribution in [2.75, 3.05) is 0 Å². The zero-order chi connectivity index (χ0) is 13.4. The van der Waals surface area contributed by atoms with Gasteiger partial charge < -0.3 is 5.11 Å². The van der Waals surface area contributed by atoms with Crippen LogP contribution in [0.4, 0.5) is 8.78 Å². The van der Waals surface area contributed by atoms with Crippen LogP contribution in [0.25, 0.3) is 0 Å². The first-order valence-corrected chi connectivity index (χ1v) is 5.54. The summed E-state index contributed by atoms with van der Waals surface area (Å²) in [6.45, 7) is 3.55. The molecule has 1 unspecified atom stereocenters. The Morgan fingerprint density at radius 3 is 2.17 bits per heavy atom. The summed E-state index contributed by atoms with van der Waals surface area (Å²) in [4.78, 5) is 0. The van der Waals surface area contributed by atoms with Crippen LogP contribution in [0.15, 0.2) is 18.2 Å². The van der Waals surface area contributed by atoms with E-state index in [0.29, 0.717) is 11.3 Å². The van der Waals surface area contributed by atoms with Crippen LogP contribution in [0.3, 0.4) is 0 Å². The van der Waals surface area contributed by atoms with Crippen molar-refractivity contribution in [2.24, 2.45) is 7.05 Å². The minimum atomic E-state index is -1.08. The minimum absolute atomic E-state index is 0.187. The quantitative estimate of drug-likeness (QED) is 0.891. The van der Waals surface area contributed by atoms with Gasteiger partial charge in [-0.15, -0.1) is 0 Å². The number of aryl methyl sites for hydroxylation is 2. The third kappa shape index (κ3) is 2.13. The van der Waals surface area contributed by atoms with E-state index in [2.05, 4.69) is 5.10 Å². The Balaban J connectivity index is 2.50. The lowest BCUT2D eigenvalue weighted by Gasteiger charge is -2.12. The van der Waals surface area contributed by atoms with E-state index in [-0.39, 0.29) is 5.56 Å². The van der Waals surface area contributed by atoms with Crippen molar-refractivity contribution in [1.82, 2.24) is 9.78 Å². The van der Waals surface area contributed by atoms with Crippen LogP contribution in [-0.2, 0) is 7.05 Å². The van der Waals surface area contributed by atoms with Crippen molar-refractivity contribution < 1.29 is 13.9 Å². The summed E-state index contributed by atoms with van der Waals surface area (Å²) in [7, 11) is 1.75. The molecule has 5 heteroatoms. The highest BCUT2D eigenvalue weighted by Gasteiger charge is 2.20. The molecule has 0 aliphatic rings. The number of aromatic nitrogens is 2. The Labute approximate surface area is 104 Å². The topological polar surface area (TPSA) is 38.0 Å². The standard InChI is InChI=1S/C13H14F2N2O/c1-7-12(8(2)17(3)16-7)13(18)9-4-10(14)6-11(15)5-9/h4-6,13,18H,1-3H3. The van der Waals surface area contributed by atoms with E-state index in [1.165, 1.54) is 0 Å². The zero-order valence-corrected chi connectivity index (χ0v) is 10.4. The molecule has 0 saturated carbocycles. The average Bonchev–Trinajstić information content (AvgIpc) is 2.51. The van der Waals surface area contributed by atoms with E-state index in [0.717, 1.165) is 23.9 Å². The highest BCUT2D eigenvalue weighted by Crippen LogP contribution is 2.28. The summed E-state index contributed by atoms with van der Waals surface area (Å²) < 4.78 is 27.9. The van der Waals surface area contributed by atoms with Crippen LogP contribution in [-0.4, -0.2) is 14.9 Å². The summed E-state index contributed by atoms with van der Waals surface area (Å²) >= 11 is 0. The molecule has 1 atom stereocenters. The highest BCUT2D eigenvalue weighted by molar-refractivity contribution is 5.35. The molecule has 0 radical (unpaired) electrons. The van der Waals surface area contributed by atoms with Crippen LogP contribution in [0.2, 0.25) is 0 Å². The van der Waals surface area contributed by atoms with Crippen molar-refractivity contribution >= 4 is 0 Å². The van der Waals surface area contributed by atoms with Crippen LogP contribution < -0.4 is 0 Å². The molecule has 1 N–H and O–H groups in total. The summed E-state index contributed by atoms with van der Waals surface area (Å²) in [6, 6.07) is 3.03. The maximum Gasteiger partial charge on any atom is 0.126 e. The Hall–Kier alpha value is -1.75. The largest absolute Gasteiger partial charge is 0.384 e. The number of benzene rings is 1. The molecular formula is C13H14F2N2O. The predicted octanol–water partition coefficient (Wildman–Crippen LogP) is 2.40. The first kappa shape index (κ1) is 12.7.